The highest BCUT2D eigenvalue weighted by Gasteiger charge is 2.19. The van der Waals surface area contributed by atoms with Crippen molar-refractivity contribution in [1.29, 1.82) is 0 Å². The van der Waals surface area contributed by atoms with Gasteiger partial charge < -0.3 is 14.2 Å². The molecule has 0 amide bonds. The van der Waals surface area contributed by atoms with Crippen LogP contribution in [0, 0.1) is 11.8 Å². The topological polar surface area (TPSA) is 78.9 Å². The van der Waals surface area contributed by atoms with Gasteiger partial charge in [-0.05, 0) is 31.1 Å². The first-order valence-electron chi connectivity index (χ1n) is 19.7. The van der Waals surface area contributed by atoms with Gasteiger partial charge in [0.1, 0.15) is 13.2 Å². The molecular formula is C40H76O6. The second-order valence-corrected chi connectivity index (χ2v) is 14.5. The van der Waals surface area contributed by atoms with Gasteiger partial charge in [0.25, 0.3) is 0 Å². The molecule has 46 heavy (non-hydrogen) atoms. The molecule has 0 rings (SSSR count). The van der Waals surface area contributed by atoms with Crippen molar-refractivity contribution in [3.63, 3.8) is 0 Å². The van der Waals surface area contributed by atoms with E-state index in [9.17, 15) is 14.4 Å². The van der Waals surface area contributed by atoms with Gasteiger partial charge in [0.15, 0.2) is 6.10 Å². The monoisotopic (exact) mass is 653 g/mol. The van der Waals surface area contributed by atoms with Crippen molar-refractivity contribution in [2.75, 3.05) is 13.2 Å². The quantitative estimate of drug-likeness (QED) is 0.0391. The molecule has 0 heterocycles. The Bertz CT molecular complexity index is 704. The molecule has 0 aliphatic rings. The predicted octanol–water partition coefficient (Wildman–Crippen LogP) is 11.8. The third-order valence-corrected chi connectivity index (χ3v) is 8.72. The number of carbonyl (C=O) groups excluding carboxylic acids is 3. The van der Waals surface area contributed by atoms with Crippen LogP contribution in [0.25, 0.3) is 0 Å². The zero-order valence-corrected chi connectivity index (χ0v) is 31.2. The molecule has 0 saturated carbocycles. The molecule has 0 N–H and O–H groups in total. The van der Waals surface area contributed by atoms with E-state index in [-0.39, 0.29) is 31.1 Å². The van der Waals surface area contributed by atoms with Crippen molar-refractivity contribution in [1.82, 2.24) is 0 Å². The average molecular weight is 653 g/mol. The molecule has 0 aliphatic heterocycles. The van der Waals surface area contributed by atoms with Crippen LogP contribution < -0.4 is 0 Å². The standard InChI is InChI=1S/C40H76O6/c1-6-7-8-9-13-20-25-30-38(41)44-33-37(46-40(43)32-27-22-17-12-15-19-24-29-36(4)5)34-45-39(42)31-26-21-16-11-10-14-18-23-28-35(2)3/h35-37H,6-34H2,1-5H3/t37-/m0/s1. The number of carbonyl (C=O) groups is 3. The molecule has 272 valence electrons. The van der Waals surface area contributed by atoms with Crippen LogP contribution in [0.15, 0.2) is 0 Å². The van der Waals surface area contributed by atoms with Crippen molar-refractivity contribution in [3.05, 3.63) is 0 Å². The predicted molar refractivity (Wildman–Crippen MR) is 192 cm³/mol. The van der Waals surface area contributed by atoms with Gasteiger partial charge in [-0.2, -0.15) is 0 Å². The Morgan fingerprint density at radius 1 is 0.413 bits per heavy atom. The highest BCUT2D eigenvalue weighted by Crippen LogP contribution is 2.15. The lowest BCUT2D eigenvalue weighted by Gasteiger charge is -2.18. The van der Waals surface area contributed by atoms with E-state index in [1.807, 2.05) is 0 Å². The Labute approximate surface area is 285 Å². The summed E-state index contributed by atoms with van der Waals surface area (Å²) < 4.78 is 16.6. The third-order valence-electron chi connectivity index (χ3n) is 8.72. The molecule has 1 atom stereocenters. The Morgan fingerprint density at radius 3 is 1.07 bits per heavy atom. The second-order valence-electron chi connectivity index (χ2n) is 14.5. The lowest BCUT2D eigenvalue weighted by Crippen LogP contribution is -2.30. The van der Waals surface area contributed by atoms with Gasteiger partial charge in [-0.15, -0.1) is 0 Å². The molecule has 6 heteroatoms. The Balaban J connectivity index is 4.34. The smallest absolute Gasteiger partial charge is 0.306 e. The fraction of sp³-hybridized carbons (Fsp3) is 0.925. The second kappa shape index (κ2) is 33.3. The largest absolute Gasteiger partial charge is 0.462 e. The molecule has 6 nitrogen and oxygen atoms in total. The zero-order valence-electron chi connectivity index (χ0n) is 31.2. The van der Waals surface area contributed by atoms with Crippen molar-refractivity contribution >= 4 is 17.9 Å². The van der Waals surface area contributed by atoms with Crippen LogP contribution in [0.4, 0.5) is 0 Å². The zero-order chi connectivity index (χ0) is 34.1. The fourth-order valence-electron chi connectivity index (χ4n) is 5.69. The van der Waals surface area contributed by atoms with Crippen molar-refractivity contribution in [2.24, 2.45) is 11.8 Å². The van der Waals surface area contributed by atoms with Gasteiger partial charge in [0.05, 0.1) is 0 Å². The molecule has 0 saturated heterocycles. The van der Waals surface area contributed by atoms with Gasteiger partial charge in [-0.1, -0.05) is 169 Å². The van der Waals surface area contributed by atoms with Crippen LogP contribution >= 0.6 is 0 Å². The Morgan fingerprint density at radius 2 is 0.717 bits per heavy atom. The van der Waals surface area contributed by atoms with Crippen molar-refractivity contribution in [3.8, 4) is 0 Å². The molecule has 0 aliphatic carbocycles. The number of hydrogen-bond acceptors (Lipinski definition) is 6. The SMILES string of the molecule is CCCCCCCCCC(=O)OC[C@@H](COC(=O)CCCCCCCCCCC(C)C)OC(=O)CCCCCCCCCC(C)C. The minimum absolute atomic E-state index is 0.0674. The number of hydrogen-bond donors (Lipinski definition) is 0. The molecule has 0 aromatic carbocycles. The lowest BCUT2D eigenvalue weighted by atomic mass is 10.0. The summed E-state index contributed by atoms with van der Waals surface area (Å²) in [6.07, 6.45) is 28.2. The minimum atomic E-state index is -0.758. The first-order chi connectivity index (χ1) is 22.2. The summed E-state index contributed by atoms with van der Waals surface area (Å²) in [6, 6.07) is 0. The van der Waals surface area contributed by atoms with E-state index in [0.29, 0.717) is 19.3 Å². The molecule has 0 radical (unpaired) electrons. The highest BCUT2D eigenvalue weighted by atomic mass is 16.6. The molecular weight excluding hydrogens is 576 g/mol. The lowest BCUT2D eigenvalue weighted by molar-refractivity contribution is -0.167. The van der Waals surface area contributed by atoms with Crippen molar-refractivity contribution in [2.45, 2.75) is 214 Å². The molecule has 0 aromatic rings. The maximum atomic E-state index is 12.6. The molecule has 0 unspecified atom stereocenters. The van der Waals surface area contributed by atoms with E-state index in [2.05, 4.69) is 34.6 Å². The highest BCUT2D eigenvalue weighted by molar-refractivity contribution is 5.71. The molecule has 0 aromatic heterocycles. The first-order valence-corrected chi connectivity index (χ1v) is 19.7. The summed E-state index contributed by atoms with van der Waals surface area (Å²) in [7, 11) is 0. The summed E-state index contributed by atoms with van der Waals surface area (Å²) in [6.45, 7) is 11.2. The number of ether oxygens (including phenoxy) is 3. The van der Waals surface area contributed by atoms with E-state index in [4.69, 9.17) is 14.2 Å². The minimum Gasteiger partial charge on any atom is -0.462 e. The number of unbranched alkanes of at least 4 members (excludes halogenated alkanes) is 19. The van der Waals surface area contributed by atoms with Crippen LogP contribution in [0.5, 0.6) is 0 Å². The van der Waals surface area contributed by atoms with Crippen LogP contribution in [0.2, 0.25) is 0 Å². The third kappa shape index (κ3) is 33.8. The fourth-order valence-corrected chi connectivity index (χ4v) is 5.69. The normalized spacial score (nSPS) is 12.1. The van der Waals surface area contributed by atoms with E-state index in [1.54, 1.807) is 0 Å². The van der Waals surface area contributed by atoms with E-state index < -0.39 is 6.10 Å². The van der Waals surface area contributed by atoms with Gasteiger partial charge in [-0.3, -0.25) is 14.4 Å². The van der Waals surface area contributed by atoms with E-state index in [1.165, 1.54) is 96.3 Å². The van der Waals surface area contributed by atoms with Crippen molar-refractivity contribution < 1.29 is 28.6 Å². The van der Waals surface area contributed by atoms with E-state index >= 15 is 0 Å². The summed E-state index contributed by atoms with van der Waals surface area (Å²) in [5.41, 5.74) is 0. The molecule has 0 fully saturated rings. The van der Waals surface area contributed by atoms with Crippen LogP contribution in [-0.4, -0.2) is 37.2 Å². The summed E-state index contributed by atoms with van der Waals surface area (Å²) in [5, 5.41) is 0. The van der Waals surface area contributed by atoms with E-state index in [0.717, 1.165) is 69.6 Å². The van der Waals surface area contributed by atoms with Gasteiger partial charge in [-0.25, -0.2) is 0 Å². The Kier molecular flexibility index (Phi) is 32.2. The van der Waals surface area contributed by atoms with Gasteiger partial charge in [0.2, 0.25) is 0 Å². The van der Waals surface area contributed by atoms with Crippen LogP contribution in [-0.2, 0) is 28.6 Å². The Hall–Kier alpha value is -1.59. The summed E-state index contributed by atoms with van der Waals surface area (Å²) in [5.74, 6) is 0.698. The van der Waals surface area contributed by atoms with Crippen LogP contribution in [0.3, 0.4) is 0 Å². The van der Waals surface area contributed by atoms with Crippen LogP contribution in [0.1, 0.15) is 208 Å². The first kappa shape index (κ1) is 44.4. The summed E-state index contributed by atoms with van der Waals surface area (Å²) >= 11 is 0. The molecule has 0 bridgehead atoms. The molecule has 0 spiro atoms. The number of esters is 3. The summed E-state index contributed by atoms with van der Waals surface area (Å²) in [4.78, 5) is 37.3. The van der Waals surface area contributed by atoms with Gasteiger partial charge in [0, 0.05) is 19.3 Å². The maximum absolute atomic E-state index is 12.6. The maximum Gasteiger partial charge on any atom is 0.306 e. The number of rotatable bonds is 34. The van der Waals surface area contributed by atoms with Gasteiger partial charge >= 0.3 is 17.9 Å². The average Bonchev–Trinajstić information content (AvgIpc) is 3.01.